The first-order valence-corrected chi connectivity index (χ1v) is 9.28. The van der Waals surface area contributed by atoms with Crippen LogP contribution < -0.4 is 5.32 Å². The molecule has 0 unspecified atom stereocenters. The molecule has 0 bridgehead atoms. The number of carbonyl (C=O) groups excluding carboxylic acids is 1. The summed E-state index contributed by atoms with van der Waals surface area (Å²) in [6.07, 6.45) is 0.593. The lowest BCUT2D eigenvalue weighted by Gasteiger charge is -2.20. The highest BCUT2D eigenvalue weighted by Gasteiger charge is 2.57. The number of nitrogens with zero attached hydrogens (tertiary/aromatic N) is 1. The number of hydrogen-bond acceptors (Lipinski definition) is 4. The summed E-state index contributed by atoms with van der Waals surface area (Å²) in [6.45, 7) is 5.88. The topological polar surface area (TPSA) is 104 Å². The Bertz CT molecular complexity index is 765. The van der Waals surface area contributed by atoms with Crippen molar-refractivity contribution < 1.29 is 23.1 Å². The summed E-state index contributed by atoms with van der Waals surface area (Å²) in [4.78, 5) is 23.5. The second-order valence-corrected chi connectivity index (χ2v) is 7.82. The van der Waals surface area contributed by atoms with Crippen LogP contribution in [0.3, 0.4) is 0 Å². The van der Waals surface area contributed by atoms with Gasteiger partial charge in [0.25, 0.3) is 0 Å². The number of anilines is 1. The van der Waals surface area contributed by atoms with Crippen LogP contribution in [0.15, 0.2) is 23.1 Å². The Morgan fingerprint density at radius 1 is 1.25 bits per heavy atom. The predicted octanol–water partition coefficient (Wildman–Crippen LogP) is 1.83. The third-order valence-corrected chi connectivity index (χ3v) is 6.56. The molecule has 1 aliphatic rings. The van der Waals surface area contributed by atoms with Crippen LogP contribution in [0.5, 0.6) is 0 Å². The van der Waals surface area contributed by atoms with Crippen molar-refractivity contribution >= 4 is 27.6 Å². The fourth-order valence-electron chi connectivity index (χ4n) is 2.57. The smallest absolute Gasteiger partial charge is 0.319 e. The molecule has 0 heterocycles. The van der Waals surface area contributed by atoms with Crippen LogP contribution in [0.1, 0.15) is 32.3 Å². The number of benzene rings is 1. The summed E-state index contributed by atoms with van der Waals surface area (Å²) in [7, 11) is -3.66. The van der Waals surface area contributed by atoms with E-state index in [0.29, 0.717) is 31.5 Å². The molecule has 1 aromatic carbocycles. The molecular formula is C16H22N2O5S. The molecule has 132 valence electrons. The highest BCUT2D eigenvalue weighted by Crippen LogP contribution is 2.46. The number of carbonyl (C=O) groups is 2. The highest BCUT2D eigenvalue weighted by molar-refractivity contribution is 7.89. The van der Waals surface area contributed by atoms with Gasteiger partial charge >= 0.3 is 5.97 Å². The molecule has 8 heteroatoms. The van der Waals surface area contributed by atoms with Gasteiger partial charge in [-0.05, 0) is 37.5 Å². The quantitative estimate of drug-likeness (QED) is 0.727. The van der Waals surface area contributed by atoms with Gasteiger partial charge in [-0.1, -0.05) is 19.9 Å². The standard InChI is InChI=1S/C16H22N2O5S/c1-4-18(5-2)24(22,23)13-10-12(7-6-11(13)3)17-14(19)16(8-9-16)15(20)21/h6-7,10H,4-5,8-9H2,1-3H3,(H,17,19)(H,20,21). The van der Waals surface area contributed by atoms with Gasteiger partial charge in [0.1, 0.15) is 5.41 Å². The first-order chi connectivity index (χ1) is 11.2. The second-order valence-electron chi connectivity index (χ2n) is 5.91. The van der Waals surface area contributed by atoms with E-state index >= 15 is 0 Å². The van der Waals surface area contributed by atoms with Crippen LogP contribution >= 0.6 is 0 Å². The number of aryl methyl sites for hydroxylation is 1. The Balaban J connectivity index is 2.33. The maximum atomic E-state index is 12.7. The van der Waals surface area contributed by atoms with Crippen molar-refractivity contribution in [1.29, 1.82) is 0 Å². The number of aliphatic carboxylic acids is 1. The van der Waals surface area contributed by atoms with Crippen molar-refractivity contribution in [2.24, 2.45) is 5.41 Å². The normalized spacial score (nSPS) is 16.0. The lowest BCUT2D eigenvalue weighted by Crippen LogP contribution is -2.32. The lowest BCUT2D eigenvalue weighted by molar-refractivity contribution is -0.147. The minimum absolute atomic E-state index is 0.115. The lowest BCUT2D eigenvalue weighted by atomic mass is 10.1. The van der Waals surface area contributed by atoms with E-state index in [1.165, 1.54) is 10.4 Å². The minimum atomic E-state index is -3.66. The fourth-order valence-corrected chi connectivity index (χ4v) is 4.28. The molecule has 1 saturated carbocycles. The Morgan fingerprint density at radius 2 is 1.83 bits per heavy atom. The molecule has 0 aliphatic heterocycles. The van der Waals surface area contributed by atoms with Crippen LogP contribution in [0.4, 0.5) is 5.69 Å². The molecule has 1 fully saturated rings. The Labute approximate surface area is 141 Å². The first kappa shape index (κ1) is 18.4. The van der Waals surface area contributed by atoms with Gasteiger partial charge in [-0.25, -0.2) is 8.42 Å². The monoisotopic (exact) mass is 354 g/mol. The van der Waals surface area contributed by atoms with E-state index in [1.54, 1.807) is 32.9 Å². The third-order valence-electron chi connectivity index (χ3n) is 4.36. The van der Waals surface area contributed by atoms with Crippen LogP contribution in [-0.2, 0) is 19.6 Å². The van der Waals surface area contributed by atoms with Gasteiger partial charge in [-0.3, -0.25) is 9.59 Å². The average Bonchev–Trinajstić information content (AvgIpc) is 3.31. The predicted molar refractivity (Wildman–Crippen MR) is 89.2 cm³/mol. The zero-order valence-corrected chi connectivity index (χ0v) is 14.8. The largest absolute Gasteiger partial charge is 0.480 e. The summed E-state index contributed by atoms with van der Waals surface area (Å²) in [5.41, 5.74) is -0.522. The number of carboxylic acids is 1. The summed E-state index contributed by atoms with van der Waals surface area (Å²) >= 11 is 0. The first-order valence-electron chi connectivity index (χ1n) is 7.84. The van der Waals surface area contributed by atoms with E-state index in [4.69, 9.17) is 5.11 Å². The molecule has 0 atom stereocenters. The van der Waals surface area contributed by atoms with E-state index in [1.807, 2.05) is 0 Å². The molecule has 0 spiro atoms. The van der Waals surface area contributed by atoms with Gasteiger partial charge in [0.05, 0.1) is 4.90 Å². The van der Waals surface area contributed by atoms with Crippen molar-refractivity contribution in [2.75, 3.05) is 18.4 Å². The van der Waals surface area contributed by atoms with E-state index in [-0.39, 0.29) is 10.6 Å². The molecule has 0 aromatic heterocycles. The van der Waals surface area contributed by atoms with Crippen molar-refractivity contribution in [1.82, 2.24) is 4.31 Å². The number of sulfonamides is 1. The number of amides is 1. The third kappa shape index (κ3) is 3.16. The van der Waals surface area contributed by atoms with E-state index in [2.05, 4.69) is 5.32 Å². The maximum absolute atomic E-state index is 12.7. The molecule has 24 heavy (non-hydrogen) atoms. The summed E-state index contributed by atoms with van der Waals surface area (Å²) < 4.78 is 26.7. The average molecular weight is 354 g/mol. The van der Waals surface area contributed by atoms with Gasteiger partial charge < -0.3 is 10.4 Å². The molecular weight excluding hydrogens is 332 g/mol. The molecule has 1 aliphatic carbocycles. The molecule has 2 rings (SSSR count). The zero-order chi connectivity index (χ0) is 18.1. The fraction of sp³-hybridized carbons (Fsp3) is 0.500. The minimum Gasteiger partial charge on any atom is -0.480 e. The summed E-state index contributed by atoms with van der Waals surface area (Å²) in [5.74, 6) is -1.76. The molecule has 1 aromatic rings. The summed E-state index contributed by atoms with van der Waals surface area (Å²) in [5, 5.41) is 11.7. The van der Waals surface area contributed by atoms with Gasteiger partial charge in [-0.15, -0.1) is 0 Å². The molecule has 2 N–H and O–H groups in total. The van der Waals surface area contributed by atoms with Gasteiger partial charge in [-0.2, -0.15) is 4.31 Å². The number of carboxylic acid groups (broad SMARTS) is 1. The molecule has 0 radical (unpaired) electrons. The van der Waals surface area contributed by atoms with Crippen LogP contribution in [-0.4, -0.2) is 42.8 Å². The number of hydrogen-bond donors (Lipinski definition) is 2. The van der Waals surface area contributed by atoms with E-state index in [9.17, 15) is 18.0 Å². The van der Waals surface area contributed by atoms with Crippen molar-refractivity contribution in [3.63, 3.8) is 0 Å². The molecule has 7 nitrogen and oxygen atoms in total. The Kier molecular flexibility index (Phi) is 5.00. The highest BCUT2D eigenvalue weighted by atomic mass is 32.2. The SMILES string of the molecule is CCN(CC)S(=O)(=O)c1cc(NC(=O)C2(C(=O)O)CC2)ccc1C. The summed E-state index contributed by atoms with van der Waals surface area (Å²) in [6, 6.07) is 4.57. The van der Waals surface area contributed by atoms with E-state index in [0.717, 1.165) is 0 Å². The molecule has 1 amide bonds. The van der Waals surface area contributed by atoms with Crippen molar-refractivity contribution in [3.8, 4) is 0 Å². The van der Waals surface area contributed by atoms with Gasteiger partial charge in [0.15, 0.2) is 0 Å². The van der Waals surface area contributed by atoms with Crippen LogP contribution in [0.2, 0.25) is 0 Å². The number of rotatable bonds is 7. The van der Waals surface area contributed by atoms with E-state index < -0.39 is 27.3 Å². The van der Waals surface area contributed by atoms with Crippen LogP contribution in [0.25, 0.3) is 0 Å². The maximum Gasteiger partial charge on any atom is 0.319 e. The second kappa shape index (κ2) is 6.52. The van der Waals surface area contributed by atoms with Crippen molar-refractivity contribution in [3.05, 3.63) is 23.8 Å². The number of nitrogens with one attached hydrogen (secondary N) is 1. The van der Waals surface area contributed by atoms with Crippen LogP contribution in [0, 0.1) is 12.3 Å². The molecule has 0 saturated heterocycles. The van der Waals surface area contributed by atoms with Gasteiger partial charge in [0.2, 0.25) is 15.9 Å². The zero-order valence-electron chi connectivity index (χ0n) is 14.0. The Hall–Kier alpha value is -1.93. The Morgan fingerprint density at radius 3 is 2.29 bits per heavy atom. The van der Waals surface area contributed by atoms with Gasteiger partial charge in [0, 0.05) is 18.8 Å². The van der Waals surface area contributed by atoms with Crippen molar-refractivity contribution in [2.45, 2.75) is 38.5 Å².